The number of aryl methyl sites for hydroxylation is 2. The van der Waals surface area contributed by atoms with Crippen LogP contribution >= 0.6 is 11.3 Å². The molecule has 26 heavy (non-hydrogen) atoms. The van der Waals surface area contributed by atoms with Crippen molar-refractivity contribution in [1.82, 2.24) is 15.0 Å². The molecule has 0 aromatic carbocycles. The molecule has 0 radical (unpaired) electrons. The predicted octanol–water partition coefficient (Wildman–Crippen LogP) is 3.31. The van der Waals surface area contributed by atoms with Crippen LogP contribution in [0.2, 0.25) is 0 Å². The molecule has 7 nitrogen and oxygen atoms in total. The van der Waals surface area contributed by atoms with E-state index in [9.17, 15) is 4.79 Å². The SMILES string of the molecule is Cc1cc(-c2nc(-c3ccccn3)nc3sc(C(N)=O)c(N)c23)oc1C. The first kappa shape index (κ1) is 16.2. The van der Waals surface area contributed by atoms with E-state index in [0.717, 1.165) is 22.7 Å². The highest BCUT2D eigenvalue weighted by Crippen LogP contribution is 2.40. The van der Waals surface area contributed by atoms with Gasteiger partial charge in [-0.1, -0.05) is 6.07 Å². The zero-order valence-electron chi connectivity index (χ0n) is 14.1. The molecule has 0 bridgehead atoms. The van der Waals surface area contributed by atoms with Gasteiger partial charge in [0.1, 0.15) is 26.9 Å². The van der Waals surface area contributed by atoms with Gasteiger partial charge in [0.05, 0.1) is 11.1 Å². The van der Waals surface area contributed by atoms with Crippen molar-refractivity contribution in [3.05, 3.63) is 46.7 Å². The van der Waals surface area contributed by atoms with Crippen LogP contribution in [0, 0.1) is 13.8 Å². The van der Waals surface area contributed by atoms with Gasteiger partial charge in [-0.15, -0.1) is 11.3 Å². The molecule has 8 heteroatoms. The summed E-state index contributed by atoms with van der Waals surface area (Å²) in [6.07, 6.45) is 1.67. The van der Waals surface area contributed by atoms with Crippen LogP contribution in [0.25, 0.3) is 33.2 Å². The lowest BCUT2D eigenvalue weighted by Crippen LogP contribution is -2.10. The van der Waals surface area contributed by atoms with Crippen molar-refractivity contribution in [3.8, 4) is 23.0 Å². The molecule has 4 heterocycles. The molecule has 4 aromatic rings. The van der Waals surface area contributed by atoms with Gasteiger partial charge in [0.2, 0.25) is 0 Å². The summed E-state index contributed by atoms with van der Waals surface area (Å²) in [7, 11) is 0. The maximum absolute atomic E-state index is 11.7. The average molecular weight is 365 g/mol. The number of nitrogens with zero attached hydrogens (tertiary/aromatic N) is 3. The second-order valence-electron chi connectivity index (χ2n) is 5.85. The van der Waals surface area contributed by atoms with E-state index >= 15 is 0 Å². The van der Waals surface area contributed by atoms with Gasteiger partial charge in [0, 0.05) is 6.20 Å². The van der Waals surface area contributed by atoms with Crippen molar-refractivity contribution in [2.75, 3.05) is 5.73 Å². The van der Waals surface area contributed by atoms with Gasteiger partial charge in [0.15, 0.2) is 11.6 Å². The fourth-order valence-corrected chi connectivity index (χ4v) is 3.63. The van der Waals surface area contributed by atoms with Gasteiger partial charge in [0.25, 0.3) is 5.91 Å². The second-order valence-corrected chi connectivity index (χ2v) is 6.85. The molecule has 130 valence electrons. The van der Waals surface area contributed by atoms with Crippen molar-refractivity contribution in [2.45, 2.75) is 13.8 Å². The molecule has 0 aliphatic rings. The fourth-order valence-electron chi connectivity index (χ4n) is 2.68. The molecule has 0 aliphatic carbocycles. The van der Waals surface area contributed by atoms with Crippen LogP contribution in [0.5, 0.6) is 0 Å². The van der Waals surface area contributed by atoms with E-state index in [1.165, 1.54) is 0 Å². The van der Waals surface area contributed by atoms with Crippen LogP contribution < -0.4 is 11.5 Å². The summed E-state index contributed by atoms with van der Waals surface area (Å²) in [5.74, 6) is 1.18. The summed E-state index contributed by atoms with van der Waals surface area (Å²) in [4.78, 5) is 26.0. The molecule has 0 unspecified atom stereocenters. The number of primary amides is 1. The maximum Gasteiger partial charge on any atom is 0.260 e. The zero-order chi connectivity index (χ0) is 18.4. The third kappa shape index (κ3) is 2.51. The molecule has 0 fully saturated rings. The molecule has 0 saturated heterocycles. The summed E-state index contributed by atoms with van der Waals surface area (Å²) < 4.78 is 5.85. The van der Waals surface area contributed by atoms with E-state index in [2.05, 4.69) is 15.0 Å². The van der Waals surface area contributed by atoms with Crippen molar-refractivity contribution in [3.63, 3.8) is 0 Å². The number of rotatable bonds is 3. The number of hydrogen-bond acceptors (Lipinski definition) is 7. The highest BCUT2D eigenvalue weighted by atomic mass is 32.1. The van der Waals surface area contributed by atoms with Gasteiger partial charge < -0.3 is 15.9 Å². The molecule has 0 spiro atoms. The van der Waals surface area contributed by atoms with E-state index in [1.807, 2.05) is 38.1 Å². The third-order valence-corrected chi connectivity index (χ3v) is 5.22. The Morgan fingerprint density at radius 1 is 1.23 bits per heavy atom. The van der Waals surface area contributed by atoms with E-state index in [4.69, 9.17) is 15.9 Å². The normalized spacial score (nSPS) is 11.2. The van der Waals surface area contributed by atoms with Crippen LogP contribution in [0.3, 0.4) is 0 Å². The topological polar surface area (TPSA) is 121 Å². The Kier molecular flexibility index (Phi) is 3.69. The molecule has 4 N–H and O–H groups in total. The zero-order valence-corrected chi connectivity index (χ0v) is 14.9. The van der Waals surface area contributed by atoms with Crippen molar-refractivity contribution < 1.29 is 9.21 Å². The number of fused-ring (bicyclic) bond motifs is 1. The number of carbonyl (C=O) groups is 1. The number of amides is 1. The number of aromatic nitrogens is 3. The number of furan rings is 1. The maximum atomic E-state index is 11.7. The standard InChI is InChI=1S/C18H15N5O2S/c1-8-7-11(25-9(8)2)14-12-13(19)15(16(20)24)26-18(12)23-17(22-14)10-5-3-4-6-21-10/h3-7H,19H2,1-2H3,(H2,20,24). The molecule has 4 aromatic heterocycles. The Labute approximate surface area is 152 Å². The number of nitrogen functional groups attached to an aromatic ring is 1. The highest BCUT2D eigenvalue weighted by Gasteiger charge is 2.23. The Bertz CT molecular complexity index is 1130. The molecule has 1 amide bonds. The Morgan fingerprint density at radius 2 is 2.04 bits per heavy atom. The van der Waals surface area contributed by atoms with E-state index in [1.54, 1.807) is 6.20 Å². The van der Waals surface area contributed by atoms with Crippen LogP contribution in [-0.4, -0.2) is 20.9 Å². The summed E-state index contributed by atoms with van der Waals surface area (Å²) >= 11 is 1.14. The van der Waals surface area contributed by atoms with Gasteiger partial charge in [-0.25, -0.2) is 9.97 Å². The van der Waals surface area contributed by atoms with E-state index < -0.39 is 5.91 Å². The third-order valence-electron chi connectivity index (χ3n) is 4.11. The quantitative estimate of drug-likeness (QED) is 0.574. The number of pyridine rings is 1. The number of nitrogens with two attached hydrogens (primary N) is 2. The van der Waals surface area contributed by atoms with Gasteiger partial charge in [-0.2, -0.15) is 0 Å². The number of carbonyl (C=O) groups excluding carboxylic acids is 1. The fraction of sp³-hybridized carbons (Fsp3) is 0.111. The van der Waals surface area contributed by atoms with Crippen LogP contribution in [-0.2, 0) is 0 Å². The monoisotopic (exact) mass is 365 g/mol. The summed E-state index contributed by atoms with van der Waals surface area (Å²) in [6.45, 7) is 3.83. The van der Waals surface area contributed by atoms with Crippen molar-refractivity contribution >= 4 is 33.1 Å². The van der Waals surface area contributed by atoms with Gasteiger partial charge in [-0.05, 0) is 37.6 Å². The summed E-state index contributed by atoms with van der Waals surface area (Å²) in [5.41, 5.74) is 14.0. The lowest BCUT2D eigenvalue weighted by molar-refractivity contribution is 0.100. The molecule has 0 atom stereocenters. The molecular weight excluding hydrogens is 350 g/mol. The van der Waals surface area contributed by atoms with Crippen molar-refractivity contribution in [1.29, 1.82) is 0 Å². The van der Waals surface area contributed by atoms with Gasteiger partial charge >= 0.3 is 0 Å². The molecule has 0 aliphatic heterocycles. The summed E-state index contributed by atoms with van der Waals surface area (Å²) in [5, 5.41) is 0.567. The first-order valence-corrected chi connectivity index (χ1v) is 8.66. The smallest absolute Gasteiger partial charge is 0.260 e. The number of thiophene rings is 1. The number of anilines is 1. The largest absolute Gasteiger partial charge is 0.459 e. The minimum Gasteiger partial charge on any atom is -0.459 e. The second kappa shape index (κ2) is 5.92. The Morgan fingerprint density at radius 3 is 2.65 bits per heavy atom. The lowest BCUT2D eigenvalue weighted by atomic mass is 10.1. The predicted molar refractivity (Wildman–Crippen MR) is 101 cm³/mol. The average Bonchev–Trinajstić information content (AvgIpc) is 3.15. The Balaban J connectivity index is 2.07. The Hall–Kier alpha value is -3.26. The molecule has 0 saturated carbocycles. The molecular formula is C18H15N5O2S. The minimum atomic E-state index is -0.595. The first-order chi connectivity index (χ1) is 12.5. The van der Waals surface area contributed by atoms with Crippen LogP contribution in [0.1, 0.15) is 21.0 Å². The van der Waals surface area contributed by atoms with Crippen LogP contribution in [0.15, 0.2) is 34.9 Å². The van der Waals surface area contributed by atoms with E-state index in [-0.39, 0.29) is 10.6 Å². The van der Waals surface area contributed by atoms with Crippen molar-refractivity contribution in [2.24, 2.45) is 5.73 Å². The summed E-state index contributed by atoms with van der Waals surface area (Å²) in [6, 6.07) is 7.38. The number of hydrogen-bond donors (Lipinski definition) is 2. The van der Waals surface area contributed by atoms with Gasteiger partial charge in [-0.3, -0.25) is 9.78 Å². The minimum absolute atomic E-state index is 0.258. The molecule has 4 rings (SSSR count). The van der Waals surface area contributed by atoms with Crippen LogP contribution in [0.4, 0.5) is 5.69 Å². The highest BCUT2D eigenvalue weighted by molar-refractivity contribution is 7.21. The lowest BCUT2D eigenvalue weighted by Gasteiger charge is -2.05. The first-order valence-electron chi connectivity index (χ1n) is 7.84. The van der Waals surface area contributed by atoms with E-state index in [0.29, 0.717) is 33.2 Å².